The van der Waals surface area contributed by atoms with Gasteiger partial charge in [0.15, 0.2) is 5.17 Å². The first kappa shape index (κ1) is 14.0. The van der Waals surface area contributed by atoms with Gasteiger partial charge in [-0.3, -0.25) is 4.79 Å². The van der Waals surface area contributed by atoms with E-state index in [0.29, 0.717) is 20.8 Å². The summed E-state index contributed by atoms with van der Waals surface area (Å²) in [6.45, 7) is 0. The second-order valence-corrected chi connectivity index (χ2v) is 5.91. The molecule has 0 radical (unpaired) electrons. The van der Waals surface area contributed by atoms with Crippen LogP contribution in [0, 0.1) is 0 Å². The van der Waals surface area contributed by atoms with E-state index in [1.807, 2.05) is 48.2 Å². The van der Waals surface area contributed by atoms with Gasteiger partial charge in [0.2, 0.25) is 0 Å². The van der Waals surface area contributed by atoms with Crippen LogP contribution in [-0.4, -0.2) is 15.6 Å². The zero-order chi connectivity index (χ0) is 14.8. The lowest BCUT2D eigenvalue weighted by Gasteiger charge is -1.98. The van der Waals surface area contributed by atoms with Crippen LogP contribution in [0.1, 0.15) is 5.69 Å². The maximum Gasteiger partial charge on any atom is 0.264 e. The van der Waals surface area contributed by atoms with Gasteiger partial charge in [0.1, 0.15) is 0 Å². The number of nitrogens with zero attached hydrogens (tertiary/aromatic N) is 2. The highest BCUT2D eigenvalue weighted by atomic mass is 35.5. The largest absolute Gasteiger partial charge is 0.351 e. The number of aliphatic imine (C=N–C) groups is 1. The molecule has 21 heavy (non-hydrogen) atoms. The number of aryl methyl sites for hydroxylation is 1. The van der Waals surface area contributed by atoms with Gasteiger partial charge in [-0.05, 0) is 42.1 Å². The maximum absolute atomic E-state index is 12.0. The summed E-state index contributed by atoms with van der Waals surface area (Å²) in [5, 5.41) is 3.84. The lowest BCUT2D eigenvalue weighted by molar-refractivity contribution is -0.115. The van der Waals surface area contributed by atoms with Crippen molar-refractivity contribution in [1.82, 2.24) is 9.88 Å². The molecule has 1 fully saturated rings. The highest BCUT2D eigenvalue weighted by Crippen LogP contribution is 2.30. The molecule has 1 aromatic carbocycles. The van der Waals surface area contributed by atoms with Gasteiger partial charge in [-0.1, -0.05) is 23.7 Å². The summed E-state index contributed by atoms with van der Waals surface area (Å²) < 4.78 is 1.95. The molecule has 4 nitrogen and oxygen atoms in total. The number of aromatic nitrogens is 1. The number of thioether (sulfide) groups is 1. The van der Waals surface area contributed by atoms with Crippen LogP contribution < -0.4 is 5.32 Å². The molecule has 0 unspecified atom stereocenters. The summed E-state index contributed by atoms with van der Waals surface area (Å²) in [6.07, 6.45) is 3.78. The fraction of sp³-hybridized carbons (Fsp3) is 0.0667. The van der Waals surface area contributed by atoms with Gasteiger partial charge < -0.3 is 9.88 Å². The molecule has 0 saturated carbocycles. The highest BCUT2D eigenvalue weighted by Gasteiger charge is 2.24. The molecule has 1 aliphatic heterocycles. The lowest BCUT2D eigenvalue weighted by atomic mass is 10.3. The Morgan fingerprint density at radius 2 is 2.10 bits per heavy atom. The van der Waals surface area contributed by atoms with E-state index >= 15 is 0 Å². The minimum absolute atomic E-state index is 0.146. The molecule has 2 heterocycles. The van der Waals surface area contributed by atoms with Crippen molar-refractivity contribution in [3.05, 3.63) is 58.2 Å². The van der Waals surface area contributed by atoms with Crippen molar-refractivity contribution >= 4 is 46.2 Å². The molecule has 0 bridgehead atoms. The topological polar surface area (TPSA) is 46.4 Å². The summed E-state index contributed by atoms with van der Waals surface area (Å²) in [7, 11) is 1.93. The number of carbonyl (C=O) groups is 1. The molecule has 1 saturated heterocycles. The summed E-state index contributed by atoms with van der Waals surface area (Å²) in [4.78, 5) is 17.0. The van der Waals surface area contributed by atoms with Gasteiger partial charge >= 0.3 is 0 Å². The van der Waals surface area contributed by atoms with Crippen molar-refractivity contribution in [2.75, 3.05) is 0 Å². The quantitative estimate of drug-likeness (QED) is 0.861. The Labute approximate surface area is 131 Å². The van der Waals surface area contributed by atoms with Crippen LogP contribution in [0.3, 0.4) is 0 Å². The van der Waals surface area contributed by atoms with Gasteiger partial charge in [-0.2, -0.15) is 0 Å². The number of para-hydroxylation sites is 1. The Morgan fingerprint density at radius 3 is 2.81 bits per heavy atom. The van der Waals surface area contributed by atoms with Crippen LogP contribution in [-0.2, 0) is 11.8 Å². The second-order valence-electron chi connectivity index (χ2n) is 4.48. The molecule has 0 aliphatic carbocycles. The molecule has 2 aromatic rings. The number of amidine groups is 1. The molecule has 1 aromatic heterocycles. The van der Waals surface area contributed by atoms with Crippen LogP contribution in [0.5, 0.6) is 0 Å². The first-order chi connectivity index (χ1) is 10.1. The number of hydrogen-bond donors (Lipinski definition) is 1. The van der Waals surface area contributed by atoms with Crippen molar-refractivity contribution < 1.29 is 4.79 Å². The molecule has 1 aliphatic rings. The Balaban J connectivity index is 1.87. The molecule has 106 valence electrons. The van der Waals surface area contributed by atoms with Gasteiger partial charge in [-0.15, -0.1) is 0 Å². The summed E-state index contributed by atoms with van der Waals surface area (Å²) in [5.41, 5.74) is 1.61. The third-order valence-corrected chi connectivity index (χ3v) is 4.22. The number of nitrogens with one attached hydrogen (secondary N) is 1. The minimum Gasteiger partial charge on any atom is -0.351 e. The monoisotopic (exact) mass is 317 g/mol. The predicted molar refractivity (Wildman–Crippen MR) is 87.7 cm³/mol. The molecule has 6 heteroatoms. The number of benzene rings is 1. The molecule has 1 amide bonds. The van der Waals surface area contributed by atoms with E-state index in [0.717, 1.165) is 5.69 Å². The van der Waals surface area contributed by atoms with E-state index in [9.17, 15) is 4.79 Å². The maximum atomic E-state index is 12.0. The van der Waals surface area contributed by atoms with Crippen molar-refractivity contribution in [3.8, 4) is 0 Å². The molecule has 0 atom stereocenters. The average molecular weight is 318 g/mol. The fourth-order valence-corrected chi connectivity index (χ4v) is 2.89. The second kappa shape index (κ2) is 5.79. The Kier molecular flexibility index (Phi) is 3.86. The van der Waals surface area contributed by atoms with Gasteiger partial charge in [-0.25, -0.2) is 4.99 Å². The lowest BCUT2D eigenvalue weighted by Crippen LogP contribution is -2.19. The molecular formula is C15H12ClN3OS. The van der Waals surface area contributed by atoms with Crippen molar-refractivity contribution in [1.29, 1.82) is 0 Å². The van der Waals surface area contributed by atoms with Gasteiger partial charge in [0, 0.05) is 18.9 Å². The first-order valence-corrected chi connectivity index (χ1v) is 7.48. The fourth-order valence-electron chi connectivity index (χ4n) is 1.89. The molecule has 3 rings (SSSR count). The third-order valence-electron chi connectivity index (χ3n) is 2.99. The van der Waals surface area contributed by atoms with Crippen LogP contribution in [0.2, 0.25) is 5.02 Å². The number of halogens is 1. The van der Waals surface area contributed by atoms with Crippen molar-refractivity contribution in [2.45, 2.75) is 0 Å². The third kappa shape index (κ3) is 3.04. The zero-order valence-corrected chi connectivity index (χ0v) is 12.8. The van der Waals surface area contributed by atoms with Crippen molar-refractivity contribution in [3.63, 3.8) is 0 Å². The predicted octanol–water partition coefficient (Wildman–Crippen LogP) is 3.57. The van der Waals surface area contributed by atoms with Crippen LogP contribution >= 0.6 is 23.4 Å². The van der Waals surface area contributed by atoms with E-state index in [1.165, 1.54) is 11.8 Å². The number of carbonyl (C=O) groups excluding carboxylic acids is 1. The smallest absolute Gasteiger partial charge is 0.264 e. The Bertz CT molecular complexity index is 764. The van der Waals surface area contributed by atoms with Gasteiger partial charge in [0.25, 0.3) is 5.91 Å². The van der Waals surface area contributed by atoms with E-state index in [1.54, 1.807) is 12.1 Å². The SMILES string of the molecule is Cn1cccc1C=C1SC(=Nc2ccccc2Cl)NC1=O. The van der Waals surface area contributed by atoms with Crippen LogP contribution in [0.4, 0.5) is 5.69 Å². The summed E-state index contributed by atoms with van der Waals surface area (Å²) in [6, 6.07) is 11.2. The van der Waals surface area contributed by atoms with E-state index in [4.69, 9.17) is 11.6 Å². The number of rotatable bonds is 2. The Hall–Kier alpha value is -1.98. The van der Waals surface area contributed by atoms with Gasteiger partial charge in [0.05, 0.1) is 15.6 Å². The molecule has 1 N–H and O–H groups in total. The number of amides is 1. The Morgan fingerprint density at radius 1 is 1.29 bits per heavy atom. The first-order valence-electron chi connectivity index (χ1n) is 6.29. The summed E-state index contributed by atoms with van der Waals surface area (Å²) >= 11 is 7.37. The molecule has 0 spiro atoms. The minimum atomic E-state index is -0.146. The van der Waals surface area contributed by atoms with Crippen LogP contribution in [0.15, 0.2) is 52.5 Å². The van der Waals surface area contributed by atoms with Crippen LogP contribution in [0.25, 0.3) is 6.08 Å². The highest BCUT2D eigenvalue weighted by molar-refractivity contribution is 8.18. The molecular weight excluding hydrogens is 306 g/mol. The normalized spacial score (nSPS) is 18.5. The van der Waals surface area contributed by atoms with Crippen molar-refractivity contribution in [2.24, 2.45) is 12.0 Å². The number of hydrogen-bond acceptors (Lipinski definition) is 3. The average Bonchev–Trinajstić information content (AvgIpc) is 3.00. The standard InChI is InChI=1S/C15H12ClN3OS/c1-19-8-4-5-10(19)9-13-14(20)18-15(21-13)17-12-7-3-2-6-11(12)16/h2-9H,1H3,(H,17,18,20). The van der Waals surface area contributed by atoms with E-state index in [2.05, 4.69) is 10.3 Å². The summed E-state index contributed by atoms with van der Waals surface area (Å²) in [5.74, 6) is -0.146. The van der Waals surface area contributed by atoms with E-state index < -0.39 is 0 Å². The van der Waals surface area contributed by atoms with E-state index in [-0.39, 0.29) is 5.91 Å². The zero-order valence-electron chi connectivity index (χ0n) is 11.2.